The van der Waals surface area contributed by atoms with Crippen molar-refractivity contribution in [1.29, 1.82) is 0 Å². The van der Waals surface area contributed by atoms with Crippen LogP contribution >= 0.6 is 0 Å². The molecule has 1 aliphatic rings. The van der Waals surface area contributed by atoms with Crippen LogP contribution in [0.3, 0.4) is 0 Å². The molecule has 8 nitrogen and oxygen atoms in total. The Bertz CT molecular complexity index is 1210. The van der Waals surface area contributed by atoms with Crippen LogP contribution in [0.5, 0.6) is 0 Å². The number of hydrogen-bond donors (Lipinski definition) is 2. The van der Waals surface area contributed by atoms with Crippen LogP contribution < -0.4 is 10.7 Å². The minimum Gasteiger partial charge on any atom is -0.445 e. The number of benzene rings is 3. The van der Waals surface area contributed by atoms with Crippen LogP contribution in [0.25, 0.3) is 10.8 Å². The molecule has 0 aromatic heterocycles. The summed E-state index contributed by atoms with van der Waals surface area (Å²) < 4.78 is 5.23. The van der Waals surface area contributed by atoms with E-state index in [0.29, 0.717) is 21.5 Å². The van der Waals surface area contributed by atoms with E-state index < -0.39 is 29.9 Å². The molecule has 0 saturated carbocycles. The Labute approximate surface area is 196 Å². The molecule has 34 heavy (non-hydrogen) atoms. The standard InChI is InChI=1S/C26H25N3O5/c1-16(2)14-21(27-26(33)34-15-17-8-4-3-5-9-17)23(30)28-29-24(31)19-12-6-10-18-11-7-13-20(22(18)19)25(29)32/h3-13,16,21H,14-15H2,1-2H3,(H,27,33)(H,28,30)/t21-/m0/s1. The van der Waals surface area contributed by atoms with Gasteiger partial charge in [-0.2, -0.15) is 5.01 Å². The number of amides is 4. The van der Waals surface area contributed by atoms with Gasteiger partial charge in [0.25, 0.3) is 17.7 Å². The molecule has 0 fully saturated rings. The monoisotopic (exact) mass is 459 g/mol. The molecule has 4 rings (SSSR count). The van der Waals surface area contributed by atoms with Crippen LogP contribution in [0.4, 0.5) is 4.79 Å². The lowest BCUT2D eigenvalue weighted by molar-refractivity contribution is -0.126. The fourth-order valence-corrected chi connectivity index (χ4v) is 3.93. The Morgan fingerprint density at radius 2 is 1.50 bits per heavy atom. The summed E-state index contributed by atoms with van der Waals surface area (Å²) in [4.78, 5) is 51.5. The normalized spacial score (nSPS) is 13.7. The summed E-state index contributed by atoms with van der Waals surface area (Å²) in [5.41, 5.74) is 3.86. The van der Waals surface area contributed by atoms with Gasteiger partial charge in [-0.1, -0.05) is 68.4 Å². The summed E-state index contributed by atoms with van der Waals surface area (Å²) in [5, 5.41) is 4.59. The van der Waals surface area contributed by atoms with Gasteiger partial charge in [0.2, 0.25) is 0 Å². The third-order valence-electron chi connectivity index (χ3n) is 5.52. The zero-order chi connectivity index (χ0) is 24.2. The van der Waals surface area contributed by atoms with Crippen LogP contribution in [0.1, 0.15) is 46.5 Å². The SMILES string of the molecule is CC(C)C[C@H](NC(=O)OCc1ccccc1)C(=O)NN1C(=O)c2cccc3cccc(c23)C1=O. The van der Waals surface area contributed by atoms with Crippen LogP contribution in [0.2, 0.25) is 0 Å². The predicted molar refractivity (Wildman–Crippen MR) is 126 cm³/mol. The van der Waals surface area contributed by atoms with E-state index >= 15 is 0 Å². The van der Waals surface area contributed by atoms with Crippen molar-refractivity contribution in [2.24, 2.45) is 5.92 Å². The Balaban J connectivity index is 1.48. The quantitative estimate of drug-likeness (QED) is 0.523. The number of nitrogens with zero attached hydrogens (tertiary/aromatic N) is 1. The maximum absolute atomic E-state index is 13.1. The summed E-state index contributed by atoms with van der Waals surface area (Å²) in [7, 11) is 0. The molecule has 4 amide bonds. The van der Waals surface area contributed by atoms with Crippen LogP contribution in [0, 0.1) is 5.92 Å². The number of alkyl carbamates (subject to hydrolysis) is 1. The van der Waals surface area contributed by atoms with Gasteiger partial charge in [-0.3, -0.25) is 19.8 Å². The van der Waals surface area contributed by atoms with Crippen molar-refractivity contribution in [3.63, 3.8) is 0 Å². The summed E-state index contributed by atoms with van der Waals surface area (Å²) in [5.74, 6) is -1.89. The van der Waals surface area contributed by atoms with Crippen LogP contribution in [0.15, 0.2) is 66.7 Å². The fraction of sp³-hybridized carbons (Fsp3) is 0.231. The largest absolute Gasteiger partial charge is 0.445 e. The van der Waals surface area contributed by atoms with Gasteiger partial charge in [-0.25, -0.2) is 4.79 Å². The molecule has 1 aliphatic heterocycles. The van der Waals surface area contributed by atoms with Gasteiger partial charge in [-0.05, 0) is 35.4 Å². The number of carbonyl (C=O) groups is 4. The van der Waals surface area contributed by atoms with E-state index in [9.17, 15) is 19.2 Å². The number of hydrazine groups is 1. The second-order valence-electron chi connectivity index (χ2n) is 8.52. The van der Waals surface area contributed by atoms with Crippen molar-refractivity contribution < 1.29 is 23.9 Å². The Morgan fingerprint density at radius 3 is 2.09 bits per heavy atom. The highest BCUT2D eigenvalue weighted by atomic mass is 16.5. The van der Waals surface area contributed by atoms with E-state index in [1.54, 1.807) is 24.3 Å². The average Bonchev–Trinajstić information content (AvgIpc) is 2.83. The van der Waals surface area contributed by atoms with Gasteiger partial charge >= 0.3 is 6.09 Å². The first-order valence-electron chi connectivity index (χ1n) is 11.0. The third-order valence-corrected chi connectivity index (χ3v) is 5.52. The molecule has 0 radical (unpaired) electrons. The molecule has 174 valence electrons. The molecule has 1 atom stereocenters. The highest BCUT2D eigenvalue weighted by Crippen LogP contribution is 2.29. The zero-order valence-corrected chi connectivity index (χ0v) is 18.9. The van der Waals surface area contributed by atoms with Crippen molar-refractivity contribution in [2.45, 2.75) is 32.9 Å². The second kappa shape index (κ2) is 9.74. The van der Waals surface area contributed by atoms with Crippen molar-refractivity contribution in [3.05, 3.63) is 83.4 Å². The number of rotatable bonds is 7. The van der Waals surface area contributed by atoms with Crippen molar-refractivity contribution in [1.82, 2.24) is 15.8 Å². The number of imide groups is 1. The molecule has 0 aliphatic carbocycles. The van der Waals surface area contributed by atoms with Crippen molar-refractivity contribution in [3.8, 4) is 0 Å². The first-order valence-corrected chi connectivity index (χ1v) is 11.0. The zero-order valence-electron chi connectivity index (χ0n) is 18.9. The lowest BCUT2D eigenvalue weighted by Gasteiger charge is -2.29. The topological polar surface area (TPSA) is 105 Å². The van der Waals surface area contributed by atoms with Crippen molar-refractivity contribution in [2.75, 3.05) is 0 Å². The van der Waals surface area contributed by atoms with Gasteiger partial charge in [0.05, 0.1) is 11.1 Å². The Kier molecular flexibility index (Phi) is 6.58. The van der Waals surface area contributed by atoms with E-state index in [4.69, 9.17) is 4.74 Å². The second-order valence-corrected chi connectivity index (χ2v) is 8.52. The highest BCUT2D eigenvalue weighted by molar-refractivity contribution is 6.25. The summed E-state index contributed by atoms with van der Waals surface area (Å²) in [6.07, 6.45) is -0.481. The van der Waals surface area contributed by atoms with Gasteiger partial charge in [-0.15, -0.1) is 0 Å². The Morgan fingerprint density at radius 1 is 0.882 bits per heavy atom. The molecule has 8 heteroatoms. The smallest absolute Gasteiger partial charge is 0.408 e. The molecule has 2 N–H and O–H groups in total. The lowest BCUT2D eigenvalue weighted by Crippen LogP contribution is -2.57. The molecular formula is C26H25N3O5. The molecule has 1 heterocycles. The maximum atomic E-state index is 13.1. The third kappa shape index (κ3) is 4.76. The van der Waals surface area contributed by atoms with Gasteiger partial charge < -0.3 is 10.1 Å². The average molecular weight is 460 g/mol. The first kappa shape index (κ1) is 23.0. The molecule has 3 aromatic rings. The fourth-order valence-electron chi connectivity index (χ4n) is 3.93. The summed E-state index contributed by atoms with van der Waals surface area (Å²) in [6.45, 7) is 3.84. The van der Waals surface area contributed by atoms with E-state index in [-0.39, 0.29) is 18.9 Å². The number of ether oxygens (including phenoxy) is 1. The minimum atomic E-state index is -1.00. The molecule has 0 spiro atoms. The van der Waals surface area contributed by atoms with E-state index in [0.717, 1.165) is 10.9 Å². The molecule has 0 unspecified atom stereocenters. The number of hydrogen-bond acceptors (Lipinski definition) is 5. The van der Waals surface area contributed by atoms with E-state index in [1.165, 1.54) is 0 Å². The molecular weight excluding hydrogens is 434 g/mol. The molecule has 3 aromatic carbocycles. The van der Waals surface area contributed by atoms with Gasteiger partial charge in [0, 0.05) is 5.39 Å². The van der Waals surface area contributed by atoms with E-state index in [1.807, 2.05) is 56.3 Å². The summed E-state index contributed by atoms with van der Waals surface area (Å²) >= 11 is 0. The van der Waals surface area contributed by atoms with Crippen molar-refractivity contribution >= 4 is 34.6 Å². The molecule has 0 bridgehead atoms. The van der Waals surface area contributed by atoms with Crippen LogP contribution in [-0.2, 0) is 16.1 Å². The van der Waals surface area contributed by atoms with Gasteiger partial charge in [0.1, 0.15) is 12.6 Å². The maximum Gasteiger partial charge on any atom is 0.408 e. The summed E-state index contributed by atoms with van der Waals surface area (Å²) in [6, 6.07) is 18.5. The van der Waals surface area contributed by atoms with Gasteiger partial charge in [0.15, 0.2) is 0 Å². The molecule has 0 saturated heterocycles. The first-order chi connectivity index (χ1) is 16.3. The highest BCUT2D eigenvalue weighted by Gasteiger charge is 2.35. The Hall–Kier alpha value is -4.20. The number of carbonyl (C=O) groups excluding carboxylic acids is 4. The lowest BCUT2D eigenvalue weighted by atomic mass is 9.95. The predicted octanol–water partition coefficient (Wildman–Crippen LogP) is 3.81. The van der Waals surface area contributed by atoms with Crippen LogP contribution in [-0.4, -0.2) is 34.9 Å². The number of nitrogens with one attached hydrogen (secondary N) is 2. The van der Waals surface area contributed by atoms with E-state index in [2.05, 4.69) is 10.7 Å². The minimum absolute atomic E-state index is 0.0482.